The van der Waals surface area contributed by atoms with E-state index >= 15 is 0 Å². The third kappa shape index (κ3) is 3.39. The first-order chi connectivity index (χ1) is 10.5. The maximum atomic E-state index is 12.3. The second-order valence-electron chi connectivity index (χ2n) is 6.63. The van der Waals surface area contributed by atoms with Crippen molar-refractivity contribution in [3.63, 3.8) is 0 Å². The molecule has 2 rings (SSSR count). The van der Waals surface area contributed by atoms with Gasteiger partial charge in [0, 0.05) is 24.8 Å². The SMILES string of the molecule is Cc1nn(C)c(C)c1CNc1ccc(S(=O)(=O)C(C)(C)C)nc1. The third-order valence-corrected chi connectivity index (χ3v) is 6.35. The smallest absolute Gasteiger partial charge is 0.200 e. The van der Waals surface area contributed by atoms with Gasteiger partial charge < -0.3 is 5.32 Å². The molecule has 0 aromatic carbocycles. The van der Waals surface area contributed by atoms with Crippen LogP contribution in [0.5, 0.6) is 0 Å². The number of rotatable bonds is 4. The van der Waals surface area contributed by atoms with Crippen molar-refractivity contribution >= 4 is 15.5 Å². The first-order valence-corrected chi connectivity index (χ1v) is 8.96. The quantitative estimate of drug-likeness (QED) is 0.929. The summed E-state index contributed by atoms with van der Waals surface area (Å²) < 4.78 is 25.7. The number of aryl methyl sites for hydroxylation is 2. The number of sulfone groups is 1. The highest BCUT2D eigenvalue weighted by molar-refractivity contribution is 7.92. The van der Waals surface area contributed by atoms with Crippen molar-refractivity contribution in [2.75, 3.05) is 5.32 Å². The van der Waals surface area contributed by atoms with E-state index in [9.17, 15) is 8.42 Å². The molecular weight excluding hydrogens is 312 g/mol. The monoisotopic (exact) mass is 336 g/mol. The summed E-state index contributed by atoms with van der Waals surface area (Å²) in [6, 6.07) is 3.29. The van der Waals surface area contributed by atoms with E-state index < -0.39 is 14.6 Å². The van der Waals surface area contributed by atoms with Gasteiger partial charge in [-0.15, -0.1) is 0 Å². The molecule has 0 spiro atoms. The van der Waals surface area contributed by atoms with Crippen LogP contribution < -0.4 is 5.32 Å². The molecule has 0 saturated carbocycles. The van der Waals surface area contributed by atoms with Crippen LogP contribution in [0.4, 0.5) is 5.69 Å². The highest BCUT2D eigenvalue weighted by atomic mass is 32.2. The van der Waals surface area contributed by atoms with Gasteiger partial charge in [-0.1, -0.05) is 0 Å². The van der Waals surface area contributed by atoms with Gasteiger partial charge in [0.15, 0.2) is 14.9 Å². The summed E-state index contributed by atoms with van der Waals surface area (Å²) in [5, 5.41) is 7.74. The van der Waals surface area contributed by atoms with Gasteiger partial charge in [-0.25, -0.2) is 13.4 Å². The summed E-state index contributed by atoms with van der Waals surface area (Å²) in [6.07, 6.45) is 1.56. The number of hydrogen-bond donors (Lipinski definition) is 1. The van der Waals surface area contributed by atoms with Crippen molar-refractivity contribution in [3.05, 3.63) is 35.3 Å². The van der Waals surface area contributed by atoms with Crippen molar-refractivity contribution < 1.29 is 8.42 Å². The second-order valence-corrected chi connectivity index (χ2v) is 9.28. The minimum Gasteiger partial charge on any atom is -0.380 e. The number of pyridine rings is 1. The number of nitrogens with one attached hydrogen (secondary N) is 1. The topological polar surface area (TPSA) is 76.9 Å². The minimum absolute atomic E-state index is 0.101. The number of nitrogens with zero attached hydrogens (tertiary/aromatic N) is 3. The van der Waals surface area contributed by atoms with Crippen molar-refractivity contribution in [3.8, 4) is 0 Å². The molecule has 1 N–H and O–H groups in total. The van der Waals surface area contributed by atoms with Crippen molar-refractivity contribution in [2.45, 2.75) is 50.9 Å². The summed E-state index contributed by atoms with van der Waals surface area (Å²) >= 11 is 0. The summed E-state index contributed by atoms with van der Waals surface area (Å²) in [5.41, 5.74) is 4.01. The fraction of sp³-hybridized carbons (Fsp3) is 0.500. The van der Waals surface area contributed by atoms with Crippen LogP contribution in [0.2, 0.25) is 0 Å². The molecule has 0 fully saturated rings. The molecule has 0 atom stereocenters. The lowest BCUT2D eigenvalue weighted by atomic mass is 10.2. The van der Waals surface area contributed by atoms with E-state index in [-0.39, 0.29) is 5.03 Å². The second kappa shape index (κ2) is 5.96. The number of anilines is 1. The van der Waals surface area contributed by atoms with Crippen LogP contribution in [0.3, 0.4) is 0 Å². The number of hydrogen-bond acceptors (Lipinski definition) is 5. The fourth-order valence-electron chi connectivity index (χ4n) is 2.22. The average Bonchev–Trinajstić information content (AvgIpc) is 2.69. The van der Waals surface area contributed by atoms with Crippen LogP contribution in [0.25, 0.3) is 0 Å². The Morgan fingerprint density at radius 2 is 1.87 bits per heavy atom. The largest absolute Gasteiger partial charge is 0.380 e. The van der Waals surface area contributed by atoms with Gasteiger partial charge in [0.25, 0.3) is 0 Å². The Bertz CT molecular complexity index is 800. The molecule has 0 saturated heterocycles. The molecule has 0 radical (unpaired) electrons. The maximum absolute atomic E-state index is 12.3. The molecule has 0 aliphatic rings. The van der Waals surface area contributed by atoms with E-state index in [2.05, 4.69) is 15.4 Å². The molecule has 0 bridgehead atoms. The zero-order valence-corrected chi connectivity index (χ0v) is 15.3. The Balaban J connectivity index is 2.15. The molecule has 2 aromatic heterocycles. The summed E-state index contributed by atoms with van der Waals surface area (Å²) in [6.45, 7) is 9.63. The molecule has 7 heteroatoms. The van der Waals surface area contributed by atoms with Crippen LogP contribution in [0.15, 0.2) is 23.4 Å². The zero-order valence-electron chi connectivity index (χ0n) is 14.5. The molecule has 0 unspecified atom stereocenters. The maximum Gasteiger partial charge on any atom is 0.200 e. The minimum atomic E-state index is -3.42. The van der Waals surface area contributed by atoms with Gasteiger partial charge in [0.1, 0.15) is 0 Å². The Hall–Kier alpha value is -1.89. The lowest BCUT2D eigenvalue weighted by Gasteiger charge is -2.18. The summed E-state index contributed by atoms with van der Waals surface area (Å²) in [7, 11) is -1.51. The Morgan fingerprint density at radius 3 is 2.30 bits per heavy atom. The predicted octanol–water partition coefficient (Wildman–Crippen LogP) is 2.62. The molecule has 0 amide bonds. The standard InChI is InChI=1S/C16H24N4O2S/c1-11-14(12(2)20(6)19-11)10-17-13-7-8-15(18-9-13)23(21,22)16(3,4)5/h7-9,17H,10H2,1-6H3. The normalized spacial score (nSPS) is 12.4. The molecular formula is C16H24N4O2S. The van der Waals surface area contributed by atoms with Crippen molar-refractivity contribution in [1.82, 2.24) is 14.8 Å². The average molecular weight is 336 g/mol. The molecule has 0 aliphatic heterocycles. The van der Waals surface area contributed by atoms with Gasteiger partial charge in [0.05, 0.1) is 22.3 Å². The molecule has 126 valence electrons. The van der Waals surface area contributed by atoms with E-state index in [4.69, 9.17) is 0 Å². The molecule has 2 heterocycles. The van der Waals surface area contributed by atoms with Crippen LogP contribution in [0.1, 0.15) is 37.7 Å². The molecule has 2 aromatic rings. The highest BCUT2D eigenvalue weighted by Crippen LogP contribution is 2.24. The van der Waals surface area contributed by atoms with E-state index in [1.807, 2.05) is 25.6 Å². The van der Waals surface area contributed by atoms with Gasteiger partial charge in [-0.2, -0.15) is 5.10 Å². The van der Waals surface area contributed by atoms with E-state index in [1.54, 1.807) is 39.1 Å². The summed E-state index contributed by atoms with van der Waals surface area (Å²) in [5.74, 6) is 0. The van der Waals surface area contributed by atoms with Gasteiger partial charge in [-0.3, -0.25) is 4.68 Å². The van der Waals surface area contributed by atoms with Crippen LogP contribution in [-0.2, 0) is 23.4 Å². The highest BCUT2D eigenvalue weighted by Gasteiger charge is 2.31. The van der Waals surface area contributed by atoms with Gasteiger partial charge >= 0.3 is 0 Å². The zero-order chi connectivity index (χ0) is 17.4. The van der Waals surface area contributed by atoms with Gasteiger partial charge in [-0.05, 0) is 46.8 Å². The summed E-state index contributed by atoms with van der Waals surface area (Å²) in [4.78, 5) is 4.11. The van der Waals surface area contributed by atoms with Crippen LogP contribution >= 0.6 is 0 Å². The Morgan fingerprint density at radius 1 is 1.22 bits per heavy atom. The van der Waals surface area contributed by atoms with E-state index in [0.29, 0.717) is 6.54 Å². The van der Waals surface area contributed by atoms with Gasteiger partial charge in [0.2, 0.25) is 0 Å². The van der Waals surface area contributed by atoms with Crippen molar-refractivity contribution in [2.24, 2.45) is 7.05 Å². The van der Waals surface area contributed by atoms with E-state index in [1.165, 1.54) is 0 Å². The Labute approximate surface area is 137 Å². The number of aromatic nitrogens is 3. The first-order valence-electron chi connectivity index (χ1n) is 7.47. The Kier molecular flexibility index (Phi) is 4.52. The molecule has 0 aliphatic carbocycles. The van der Waals surface area contributed by atoms with Crippen LogP contribution in [-0.4, -0.2) is 27.9 Å². The first kappa shape index (κ1) is 17.5. The lowest BCUT2D eigenvalue weighted by molar-refractivity contribution is 0.556. The van der Waals surface area contributed by atoms with Crippen molar-refractivity contribution in [1.29, 1.82) is 0 Å². The lowest BCUT2D eigenvalue weighted by Crippen LogP contribution is -2.28. The van der Waals surface area contributed by atoms with E-state index in [0.717, 1.165) is 22.6 Å². The predicted molar refractivity (Wildman–Crippen MR) is 91.2 cm³/mol. The molecule has 23 heavy (non-hydrogen) atoms. The van der Waals surface area contributed by atoms with Crippen LogP contribution in [0, 0.1) is 13.8 Å². The fourth-order valence-corrected chi connectivity index (χ4v) is 3.29. The third-order valence-electron chi connectivity index (χ3n) is 3.95. The molecule has 6 nitrogen and oxygen atoms in total.